The van der Waals surface area contributed by atoms with E-state index < -0.39 is 46.9 Å². The van der Waals surface area contributed by atoms with Crippen molar-refractivity contribution in [3.8, 4) is 0 Å². The first-order valence-electron chi connectivity index (χ1n) is 8.82. The van der Waals surface area contributed by atoms with E-state index in [1.807, 2.05) is 0 Å². The molecule has 29 heavy (non-hydrogen) atoms. The van der Waals surface area contributed by atoms with Crippen molar-refractivity contribution in [2.24, 2.45) is 5.41 Å². The van der Waals surface area contributed by atoms with Gasteiger partial charge in [0.05, 0.1) is 12.8 Å². The van der Waals surface area contributed by atoms with E-state index in [1.54, 1.807) is 0 Å². The van der Waals surface area contributed by atoms with E-state index in [0.717, 1.165) is 0 Å². The zero-order chi connectivity index (χ0) is 22.0. The molecule has 0 unspecified atom stereocenters. The van der Waals surface area contributed by atoms with Gasteiger partial charge in [0.1, 0.15) is 6.61 Å². The molecule has 0 aromatic heterocycles. The highest BCUT2D eigenvalue weighted by molar-refractivity contribution is 8.15. The fourth-order valence-electron chi connectivity index (χ4n) is 2.22. The van der Waals surface area contributed by atoms with Crippen LogP contribution in [0.2, 0.25) is 0 Å². The molecule has 0 saturated carbocycles. The summed E-state index contributed by atoms with van der Waals surface area (Å²) in [5, 5.41) is 12.7. The van der Waals surface area contributed by atoms with Crippen LogP contribution in [0.1, 0.15) is 33.1 Å². The standard InChI is InChI=1S/C17H24N2O9S/c1-17(2,9-27-12(23)4-3-11(21)22)13-14(24)19-6-5-10(20)18-7-8-29-16(26)15(25)28-13/h13H,3-9H2,1-2H3,(H,18,20)(H,19,24)(H,21,22)/t13-/m0/s1. The summed E-state index contributed by atoms with van der Waals surface area (Å²) < 4.78 is 10.1. The largest absolute Gasteiger partial charge is 0.481 e. The first-order valence-corrected chi connectivity index (χ1v) is 9.81. The number of amides is 2. The summed E-state index contributed by atoms with van der Waals surface area (Å²) in [5.74, 6) is -4.10. The molecule has 1 fully saturated rings. The van der Waals surface area contributed by atoms with Gasteiger partial charge in [-0.3, -0.25) is 24.0 Å². The SMILES string of the molecule is CC(C)(COC(=O)CCC(=O)O)[C@H]1OC(=O)C(=O)SCCNC(=O)CCNC1=O. The van der Waals surface area contributed by atoms with Gasteiger partial charge >= 0.3 is 17.9 Å². The second-order valence-corrected chi connectivity index (χ2v) is 7.92. The fourth-order valence-corrected chi connectivity index (χ4v) is 2.78. The van der Waals surface area contributed by atoms with Gasteiger partial charge in [-0.2, -0.15) is 0 Å². The van der Waals surface area contributed by atoms with Crippen LogP contribution in [0.3, 0.4) is 0 Å². The Morgan fingerprint density at radius 3 is 2.52 bits per heavy atom. The van der Waals surface area contributed by atoms with Crippen molar-refractivity contribution in [2.45, 2.75) is 39.2 Å². The first-order chi connectivity index (χ1) is 13.5. The molecule has 11 nitrogen and oxygen atoms in total. The number of hydrogen-bond donors (Lipinski definition) is 3. The number of carbonyl (C=O) groups excluding carboxylic acids is 5. The maximum atomic E-state index is 12.5. The smallest absolute Gasteiger partial charge is 0.386 e. The molecule has 0 bridgehead atoms. The highest BCUT2D eigenvalue weighted by Gasteiger charge is 2.41. The van der Waals surface area contributed by atoms with Crippen LogP contribution in [-0.2, 0) is 38.2 Å². The minimum absolute atomic E-state index is 0.00434. The van der Waals surface area contributed by atoms with Crippen LogP contribution in [0.5, 0.6) is 0 Å². The average molecular weight is 432 g/mol. The van der Waals surface area contributed by atoms with Crippen LogP contribution < -0.4 is 10.6 Å². The lowest BCUT2D eigenvalue weighted by molar-refractivity contribution is -0.170. The molecule has 0 aromatic rings. The molecule has 1 saturated heterocycles. The fraction of sp³-hybridized carbons (Fsp3) is 0.647. The third-order valence-electron chi connectivity index (χ3n) is 3.80. The van der Waals surface area contributed by atoms with Crippen molar-refractivity contribution in [1.29, 1.82) is 0 Å². The number of carbonyl (C=O) groups is 6. The summed E-state index contributed by atoms with van der Waals surface area (Å²) >= 11 is 0.648. The molecule has 1 atom stereocenters. The highest BCUT2D eigenvalue weighted by atomic mass is 32.2. The van der Waals surface area contributed by atoms with Crippen molar-refractivity contribution in [3.05, 3.63) is 0 Å². The van der Waals surface area contributed by atoms with Gasteiger partial charge < -0.3 is 25.2 Å². The number of hydrogen-bond acceptors (Lipinski definition) is 9. The van der Waals surface area contributed by atoms with E-state index in [4.69, 9.17) is 14.6 Å². The van der Waals surface area contributed by atoms with Gasteiger partial charge in [-0.1, -0.05) is 25.6 Å². The third-order valence-corrected chi connectivity index (χ3v) is 4.63. The molecular weight excluding hydrogens is 408 g/mol. The summed E-state index contributed by atoms with van der Waals surface area (Å²) in [7, 11) is 0. The van der Waals surface area contributed by atoms with Gasteiger partial charge in [0.2, 0.25) is 5.91 Å². The molecule has 0 aromatic carbocycles. The monoisotopic (exact) mass is 432 g/mol. The highest BCUT2D eigenvalue weighted by Crippen LogP contribution is 2.25. The molecule has 1 aliphatic heterocycles. The topological polar surface area (TPSA) is 165 Å². The van der Waals surface area contributed by atoms with Gasteiger partial charge in [0, 0.05) is 30.7 Å². The predicted octanol–water partition coefficient (Wildman–Crippen LogP) is -0.772. The number of cyclic esters (lactones) is 1. The van der Waals surface area contributed by atoms with Crippen LogP contribution in [0.25, 0.3) is 0 Å². The second-order valence-electron chi connectivity index (χ2n) is 6.86. The molecule has 1 rings (SSSR count). The molecule has 1 heterocycles. The Balaban J connectivity index is 2.88. The maximum absolute atomic E-state index is 12.5. The zero-order valence-electron chi connectivity index (χ0n) is 16.1. The summed E-state index contributed by atoms with van der Waals surface area (Å²) in [6.07, 6.45) is -2.25. The summed E-state index contributed by atoms with van der Waals surface area (Å²) in [6, 6.07) is 0. The summed E-state index contributed by atoms with van der Waals surface area (Å²) in [6.45, 7) is 2.76. The van der Waals surface area contributed by atoms with Crippen LogP contribution in [-0.4, -0.2) is 71.5 Å². The molecule has 0 spiro atoms. The van der Waals surface area contributed by atoms with Crippen molar-refractivity contribution in [3.63, 3.8) is 0 Å². The average Bonchev–Trinajstić information content (AvgIpc) is 2.65. The molecule has 12 heteroatoms. The normalized spacial score (nSPS) is 19.6. The number of rotatable bonds is 6. The lowest BCUT2D eigenvalue weighted by atomic mass is 9.86. The van der Waals surface area contributed by atoms with Gasteiger partial charge in [-0.15, -0.1) is 0 Å². The Kier molecular flexibility index (Phi) is 9.59. The first kappa shape index (κ1) is 24.4. The van der Waals surface area contributed by atoms with E-state index in [9.17, 15) is 28.8 Å². The molecule has 162 valence electrons. The number of carboxylic acids is 1. The van der Waals surface area contributed by atoms with E-state index in [2.05, 4.69) is 10.6 Å². The Morgan fingerprint density at radius 2 is 1.86 bits per heavy atom. The van der Waals surface area contributed by atoms with Gasteiger partial charge in [0.15, 0.2) is 6.10 Å². The lowest BCUT2D eigenvalue weighted by Gasteiger charge is -2.32. The van der Waals surface area contributed by atoms with Gasteiger partial charge in [-0.05, 0) is 0 Å². The Morgan fingerprint density at radius 1 is 1.17 bits per heavy atom. The van der Waals surface area contributed by atoms with E-state index in [1.165, 1.54) is 13.8 Å². The van der Waals surface area contributed by atoms with E-state index >= 15 is 0 Å². The number of thioether (sulfide) groups is 1. The van der Waals surface area contributed by atoms with Crippen LogP contribution >= 0.6 is 11.8 Å². The summed E-state index contributed by atoms with van der Waals surface area (Å²) in [4.78, 5) is 70.3. The second kappa shape index (κ2) is 11.4. The Labute approximate surface area is 171 Å². The predicted molar refractivity (Wildman–Crippen MR) is 99.6 cm³/mol. The molecule has 3 N–H and O–H groups in total. The molecule has 2 amide bonds. The quantitative estimate of drug-likeness (QED) is 0.358. The van der Waals surface area contributed by atoms with E-state index in [-0.39, 0.29) is 44.2 Å². The van der Waals surface area contributed by atoms with E-state index in [0.29, 0.717) is 11.8 Å². The molecule has 0 aliphatic carbocycles. The van der Waals surface area contributed by atoms with Gasteiger partial charge in [-0.25, -0.2) is 4.79 Å². The third kappa shape index (κ3) is 8.94. The molecular formula is C17H24N2O9S. The number of aliphatic carboxylic acids is 1. The number of nitrogens with one attached hydrogen (secondary N) is 2. The Hall–Kier alpha value is -2.63. The molecule has 1 aliphatic rings. The maximum Gasteiger partial charge on any atom is 0.386 e. The van der Waals surface area contributed by atoms with Gasteiger partial charge in [0.25, 0.3) is 11.0 Å². The summed E-state index contributed by atoms with van der Waals surface area (Å²) in [5.41, 5.74) is -1.23. The van der Waals surface area contributed by atoms with Crippen molar-refractivity contribution < 1.29 is 43.3 Å². The number of ether oxygens (including phenoxy) is 2. The van der Waals surface area contributed by atoms with Crippen molar-refractivity contribution >= 4 is 46.6 Å². The van der Waals surface area contributed by atoms with Crippen molar-refractivity contribution in [1.82, 2.24) is 10.6 Å². The minimum atomic E-state index is -1.48. The molecule has 0 radical (unpaired) electrons. The minimum Gasteiger partial charge on any atom is -0.481 e. The lowest BCUT2D eigenvalue weighted by Crippen LogP contribution is -2.49. The Bertz CT molecular complexity index is 678. The van der Waals surface area contributed by atoms with Crippen LogP contribution in [0, 0.1) is 5.41 Å². The van der Waals surface area contributed by atoms with Crippen molar-refractivity contribution in [2.75, 3.05) is 25.4 Å². The van der Waals surface area contributed by atoms with Crippen LogP contribution in [0.4, 0.5) is 0 Å². The van der Waals surface area contributed by atoms with Crippen LogP contribution in [0.15, 0.2) is 0 Å². The zero-order valence-corrected chi connectivity index (χ0v) is 17.0. The number of carboxylic acid groups (broad SMARTS) is 1. The number of esters is 2.